The van der Waals surface area contributed by atoms with Gasteiger partial charge >= 0.3 is 0 Å². The quantitative estimate of drug-likeness (QED) is 0.364. The van der Waals surface area contributed by atoms with Gasteiger partial charge in [0.2, 0.25) is 5.91 Å². The Hall–Kier alpha value is -4.59. The number of methoxy groups -OCH3 is 2. The van der Waals surface area contributed by atoms with E-state index in [1.54, 1.807) is 36.8 Å². The molecule has 1 aliphatic rings. The van der Waals surface area contributed by atoms with Crippen LogP contribution in [0.4, 0.5) is 0 Å². The second-order valence-electron chi connectivity index (χ2n) is 9.89. The second kappa shape index (κ2) is 10.6. The molecule has 1 aromatic heterocycles. The lowest BCUT2D eigenvalue weighted by Gasteiger charge is -2.43. The minimum absolute atomic E-state index is 0.216. The highest BCUT2D eigenvalue weighted by molar-refractivity contribution is 6.00. The number of para-hydroxylation sites is 1. The van der Waals surface area contributed by atoms with Gasteiger partial charge in [-0.1, -0.05) is 42.5 Å². The van der Waals surface area contributed by atoms with Gasteiger partial charge in [-0.05, 0) is 61.4 Å². The first kappa shape index (κ1) is 26.0. The summed E-state index contributed by atoms with van der Waals surface area (Å²) in [6.07, 6.45) is 0. The van der Waals surface area contributed by atoms with Crippen molar-refractivity contribution in [3.8, 4) is 22.8 Å². The van der Waals surface area contributed by atoms with Crippen molar-refractivity contribution in [1.82, 2.24) is 20.0 Å². The third-order valence-electron chi connectivity index (χ3n) is 7.39. The summed E-state index contributed by atoms with van der Waals surface area (Å²) in [6, 6.07) is 24.8. The molecule has 0 radical (unpaired) electrons. The molecule has 0 aliphatic carbocycles. The molecular formula is C31H32N4O4. The molecule has 2 heterocycles. The summed E-state index contributed by atoms with van der Waals surface area (Å²) in [5, 5.41) is 7.79. The molecule has 1 atom stereocenters. The number of carbonyl (C=O) groups excluding carboxylic acids is 2. The van der Waals surface area contributed by atoms with E-state index < -0.39 is 5.54 Å². The minimum atomic E-state index is -1.18. The van der Waals surface area contributed by atoms with E-state index in [4.69, 9.17) is 14.6 Å². The van der Waals surface area contributed by atoms with Crippen LogP contribution in [-0.4, -0.2) is 46.3 Å². The molecule has 0 fully saturated rings. The van der Waals surface area contributed by atoms with E-state index in [2.05, 4.69) is 5.32 Å². The van der Waals surface area contributed by atoms with Gasteiger partial charge in [-0.15, -0.1) is 0 Å². The molecule has 8 nitrogen and oxygen atoms in total. The molecule has 0 saturated carbocycles. The van der Waals surface area contributed by atoms with Crippen LogP contribution in [0.5, 0.6) is 11.5 Å². The molecule has 0 spiro atoms. The number of carbonyl (C=O) groups is 2. The normalized spacial score (nSPS) is 16.5. The Kier molecular flexibility index (Phi) is 7.11. The fourth-order valence-electron chi connectivity index (χ4n) is 4.97. The van der Waals surface area contributed by atoms with E-state index in [0.29, 0.717) is 23.7 Å². The van der Waals surface area contributed by atoms with Gasteiger partial charge in [0.15, 0.2) is 0 Å². The van der Waals surface area contributed by atoms with Gasteiger partial charge in [0.1, 0.15) is 22.7 Å². The van der Waals surface area contributed by atoms with Crippen molar-refractivity contribution in [3.05, 3.63) is 101 Å². The second-order valence-corrected chi connectivity index (χ2v) is 9.89. The third-order valence-corrected chi connectivity index (χ3v) is 7.39. The van der Waals surface area contributed by atoms with Gasteiger partial charge in [-0.25, -0.2) is 0 Å². The van der Waals surface area contributed by atoms with Crippen LogP contribution in [0, 0.1) is 6.92 Å². The molecule has 0 saturated heterocycles. The molecular weight excluding hydrogens is 492 g/mol. The van der Waals surface area contributed by atoms with Crippen LogP contribution in [0.2, 0.25) is 0 Å². The van der Waals surface area contributed by atoms with Crippen LogP contribution in [-0.2, 0) is 24.4 Å². The smallest absolute Gasteiger partial charge is 0.273 e. The van der Waals surface area contributed by atoms with Gasteiger partial charge in [-0.2, -0.15) is 5.10 Å². The molecule has 1 N–H and O–H groups in total. The average Bonchev–Trinajstić information content (AvgIpc) is 3.39. The fourth-order valence-corrected chi connectivity index (χ4v) is 4.97. The van der Waals surface area contributed by atoms with Crippen molar-refractivity contribution in [3.63, 3.8) is 0 Å². The molecule has 3 aromatic carbocycles. The first-order chi connectivity index (χ1) is 18.8. The zero-order chi connectivity index (χ0) is 27.6. The molecule has 39 heavy (non-hydrogen) atoms. The maximum absolute atomic E-state index is 14.0. The predicted octanol–water partition coefficient (Wildman–Crippen LogP) is 4.61. The number of amides is 2. The lowest BCUT2D eigenvalue weighted by Crippen LogP contribution is -2.63. The topological polar surface area (TPSA) is 85.7 Å². The summed E-state index contributed by atoms with van der Waals surface area (Å²) in [7, 11) is 3.22. The zero-order valence-electron chi connectivity index (χ0n) is 22.6. The Morgan fingerprint density at radius 1 is 0.974 bits per heavy atom. The molecule has 200 valence electrons. The van der Waals surface area contributed by atoms with Crippen LogP contribution in [0.25, 0.3) is 11.3 Å². The van der Waals surface area contributed by atoms with E-state index in [9.17, 15) is 9.59 Å². The number of aryl methyl sites for hydroxylation is 1. The Bertz CT molecular complexity index is 1510. The van der Waals surface area contributed by atoms with E-state index in [-0.39, 0.29) is 24.9 Å². The third kappa shape index (κ3) is 4.97. The van der Waals surface area contributed by atoms with Gasteiger partial charge in [-0.3, -0.25) is 14.3 Å². The van der Waals surface area contributed by atoms with Crippen molar-refractivity contribution in [1.29, 1.82) is 0 Å². The first-order valence-corrected chi connectivity index (χ1v) is 12.8. The summed E-state index contributed by atoms with van der Waals surface area (Å²) >= 11 is 0. The lowest BCUT2D eigenvalue weighted by molar-refractivity contribution is -0.133. The summed E-state index contributed by atoms with van der Waals surface area (Å²) in [5.74, 6) is 0.926. The molecule has 8 heteroatoms. The highest BCUT2D eigenvalue weighted by atomic mass is 16.5. The van der Waals surface area contributed by atoms with Crippen molar-refractivity contribution in [2.75, 3.05) is 14.2 Å². The van der Waals surface area contributed by atoms with Crippen molar-refractivity contribution in [2.45, 2.75) is 39.0 Å². The molecule has 5 rings (SSSR count). The van der Waals surface area contributed by atoms with Gasteiger partial charge < -0.3 is 19.7 Å². The van der Waals surface area contributed by atoms with Crippen LogP contribution in [0.1, 0.15) is 34.1 Å². The number of benzene rings is 3. The average molecular weight is 525 g/mol. The Morgan fingerprint density at radius 2 is 1.67 bits per heavy atom. The maximum atomic E-state index is 14.0. The van der Waals surface area contributed by atoms with Crippen LogP contribution in [0.3, 0.4) is 0 Å². The van der Waals surface area contributed by atoms with E-state index >= 15 is 0 Å². The Labute approximate surface area is 228 Å². The Morgan fingerprint density at radius 3 is 2.36 bits per heavy atom. The van der Waals surface area contributed by atoms with Crippen molar-refractivity contribution < 1.29 is 19.1 Å². The summed E-state index contributed by atoms with van der Waals surface area (Å²) < 4.78 is 12.4. The monoisotopic (exact) mass is 524 g/mol. The largest absolute Gasteiger partial charge is 0.497 e. The highest BCUT2D eigenvalue weighted by Crippen LogP contribution is 2.32. The van der Waals surface area contributed by atoms with E-state index in [0.717, 1.165) is 28.0 Å². The summed E-state index contributed by atoms with van der Waals surface area (Å²) in [4.78, 5) is 29.6. The minimum Gasteiger partial charge on any atom is -0.497 e. The Balaban J connectivity index is 1.50. The number of hydrogen-bond acceptors (Lipinski definition) is 5. The molecule has 1 aliphatic heterocycles. The molecule has 0 bridgehead atoms. The van der Waals surface area contributed by atoms with Gasteiger partial charge in [0, 0.05) is 24.2 Å². The molecule has 2 amide bonds. The SMILES string of the molecule is COc1ccc(-c2cc3n(n2)CC(C)(C(=O)NCc2ccccc2OC)N(Cc2ccccc2C)C3=O)cc1. The first-order valence-electron chi connectivity index (χ1n) is 12.8. The lowest BCUT2D eigenvalue weighted by atomic mass is 9.93. The highest BCUT2D eigenvalue weighted by Gasteiger charge is 2.48. The number of aromatic nitrogens is 2. The number of nitrogens with zero attached hydrogens (tertiary/aromatic N) is 3. The number of fused-ring (bicyclic) bond motifs is 1. The number of nitrogens with one attached hydrogen (secondary N) is 1. The van der Waals surface area contributed by atoms with E-state index in [1.165, 1.54) is 0 Å². The van der Waals surface area contributed by atoms with Crippen molar-refractivity contribution in [2.24, 2.45) is 0 Å². The van der Waals surface area contributed by atoms with Gasteiger partial charge in [0.25, 0.3) is 5.91 Å². The van der Waals surface area contributed by atoms with Crippen LogP contribution < -0.4 is 14.8 Å². The molecule has 1 unspecified atom stereocenters. The molecule has 4 aromatic rings. The number of ether oxygens (including phenoxy) is 2. The summed E-state index contributed by atoms with van der Waals surface area (Å²) in [6.45, 7) is 4.60. The number of rotatable bonds is 8. The van der Waals surface area contributed by atoms with Crippen molar-refractivity contribution >= 4 is 11.8 Å². The van der Waals surface area contributed by atoms with Crippen LogP contribution in [0.15, 0.2) is 78.9 Å². The predicted molar refractivity (Wildman–Crippen MR) is 149 cm³/mol. The van der Waals surface area contributed by atoms with Crippen LogP contribution >= 0.6 is 0 Å². The zero-order valence-corrected chi connectivity index (χ0v) is 22.6. The maximum Gasteiger partial charge on any atom is 0.273 e. The standard InChI is InChI=1S/C31H32N4O4/c1-21-9-5-6-11-24(21)19-34-29(36)27-17-26(22-13-15-25(38-3)16-14-22)33-35(27)20-31(34,2)30(37)32-18-23-10-7-8-12-28(23)39-4/h5-17H,18-20H2,1-4H3,(H,32,37). The fraction of sp³-hybridized carbons (Fsp3) is 0.258. The van der Waals surface area contributed by atoms with E-state index in [1.807, 2.05) is 79.7 Å². The van der Waals surface area contributed by atoms with Gasteiger partial charge in [0.05, 0.1) is 26.5 Å². The number of hydrogen-bond donors (Lipinski definition) is 1. The summed E-state index contributed by atoms with van der Waals surface area (Å²) in [5.41, 5.74) is 3.68.